The van der Waals surface area contributed by atoms with E-state index in [0.717, 1.165) is 37.5 Å². The highest BCUT2D eigenvalue weighted by Crippen LogP contribution is 2.29. The van der Waals surface area contributed by atoms with E-state index in [1.165, 1.54) is 5.56 Å². The first-order valence-corrected chi connectivity index (χ1v) is 10.8. The van der Waals surface area contributed by atoms with Crippen molar-refractivity contribution in [3.8, 4) is 11.3 Å². The summed E-state index contributed by atoms with van der Waals surface area (Å²) in [7, 11) is 0. The molecular weight excluding hydrogens is 444 g/mol. The molecule has 0 N–H and O–H groups in total. The molecule has 0 saturated carbocycles. The number of rotatable bonds is 4. The molecule has 0 unspecified atom stereocenters. The molecule has 2 heterocycles. The zero-order valence-electron chi connectivity index (χ0n) is 16.1. The fraction of sp³-hybridized carbons (Fsp3) is 0.0870. The average molecular weight is 463 g/mol. The predicted molar refractivity (Wildman–Crippen MR) is 124 cm³/mol. The zero-order valence-corrected chi connectivity index (χ0v) is 18.5. The minimum atomic E-state index is 0.793. The Bertz CT molecular complexity index is 1240. The second-order valence-corrected chi connectivity index (χ2v) is 8.29. The lowest BCUT2D eigenvalue weighted by Gasteiger charge is -2.06. The van der Waals surface area contributed by atoms with E-state index < -0.39 is 0 Å². The minimum absolute atomic E-state index is 0.793. The molecule has 4 nitrogen and oxygen atoms in total. The lowest BCUT2D eigenvalue weighted by Crippen LogP contribution is -2.12. The summed E-state index contributed by atoms with van der Waals surface area (Å²) in [5, 5.41) is 6.81. The number of pyridine rings is 1. The van der Waals surface area contributed by atoms with Crippen LogP contribution in [0.5, 0.6) is 0 Å². The first-order valence-electron chi connectivity index (χ1n) is 9.14. The summed E-state index contributed by atoms with van der Waals surface area (Å²) in [5.74, 6) is 0. The van der Waals surface area contributed by atoms with E-state index in [9.17, 15) is 0 Å². The third-order valence-electron chi connectivity index (χ3n) is 4.41. The third kappa shape index (κ3) is 4.44. The predicted octanol–water partition coefficient (Wildman–Crippen LogP) is 6.11. The number of aromatic nitrogens is 2. The van der Waals surface area contributed by atoms with Gasteiger partial charge in [-0.1, -0.05) is 52.3 Å². The van der Waals surface area contributed by atoms with E-state index in [4.69, 9.17) is 10.1 Å². The molecule has 6 heteroatoms. The number of benzene rings is 2. The molecule has 4 rings (SSSR count). The fourth-order valence-electron chi connectivity index (χ4n) is 2.86. The summed E-state index contributed by atoms with van der Waals surface area (Å²) in [6.45, 7) is 4.15. The molecule has 0 saturated heterocycles. The molecule has 0 aliphatic rings. The molecule has 2 aromatic carbocycles. The van der Waals surface area contributed by atoms with Crippen LogP contribution in [0.15, 0.2) is 86.8 Å². The van der Waals surface area contributed by atoms with Crippen LogP contribution in [0.1, 0.15) is 16.8 Å². The zero-order chi connectivity index (χ0) is 20.2. The van der Waals surface area contributed by atoms with E-state index in [2.05, 4.69) is 64.4 Å². The molecule has 0 atom stereocenters. The largest absolute Gasteiger partial charge is 0.255 e. The summed E-state index contributed by atoms with van der Waals surface area (Å²) >= 11 is 5.22. The van der Waals surface area contributed by atoms with Gasteiger partial charge in [0.1, 0.15) is 0 Å². The second kappa shape index (κ2) is 8.68. The molecule has 2 aromatic heterocycles. The smallest absolute Gasteiger partial charge is 0.211 e. The van der Waals surface area contributed by atoms with Crippen molar-refractivity contribution in [2.45, 2.75) is 13.8 Å². The van der Waals surface area contributed by atoms with Gasteiger partial charge in [0.25, 0.3) is 0 Å². The van der Waals surface area contributed by atoms with E-state index in [0.29, 0.717) is 0 Å². The Labute approximate surface area is 182 Å². The molecule has 4 aromatic rings. The molecule has 0 aliphatic carbocycles. The maximum absolute atomic E-state index is 4.92. The topological polar surface area (TPSA) is 42.5 Å². The van der Waals surface area contributed by atoms with Gasteiger partial charge in [0, 0.05) is 21.6 Å². The molecule has 0 spiro atoms. The highest BCUT2D eigenvalue weighted by Gasteiger charge is 2.11. The Kier molecular flexibility index (Phi) is 5.83. The summed E-state index contributed by atoms with van der Waals surface area (Å²) in [5.41, 5.74) is 6.09. The number of aryl methyl sites for hydroxylation is 2. The molecule has 0 bridgehead atoms. The van der Waals surface area contributed by atoms with Crippen LogP contribution in [0, 0.1) is 13.8 Å². The van der Waals surface area contributed by atoms with Gasteiger partial charge in [-0.3, -0.25) is 4.98 Å². The van der Waals surface area contributed by atoms with Crippen LogP contribution in [0.3, 0.4) is 0 Å². The second-order valence-electron chi connectivity index (χ2n) is 6.60. The maximum atomic E-state index is 4.92. The van der Waals surface area contributed by atoms with E-state index in [1.807, 2.05) is 41.1 Å². The molecule has 29 heavy (non-hydrogen) atoms. The van der Waals surface area contributed by atoms with Crippen LogP contribution in [-0.2, 0) is 0 Å². The van der Waals surface area contributed by atoms with Crippen LogP contribution in [0.2, 0.25) is 0 Å². The van der Waals surface area contributed by atoms with Crippen LogP contribution in [0.4, 0.5) is 5.69 Å². The van der Waals surface area contributed by atoms with Gasteiger partial charge >= 0.3 is 0 Å². The van der Waals surface area contributed by atoms with Crippen molar-refractivity contribution >= 4 is 39.2 Å². The Morgan fingerprint density at radius 3 is 2.66 bits per heavy atom. The van der Waals surface area contributed by atoms with Gasteiger partial charge < -0.3 is 0 Å². The molecule has 0 amide bonds. The van der Waals surface area contributed by atoms with E-state index in [-0.39, 0.29) is 0 Å². The molecule has 0 aliphatic heterocycles. The van der Waals surface area contributed by atoms with Crippen molar-refractivity contribution < 1.29 is 0 Å². The van der Waals surface area contributed by atoms with Crippen LogP contribution >= 0.6 is 27.3 Å². The van der Waals surface area contributed by atoms with Gasteiger partial charge in [-0.15, -0.1) is 11.3 Å². The van der Waals surface area contributed by atoms with Crippen LogP contribution in [-0.4, -0.2) is 15.9 Å². The average Bonchev–Trinajstić information content (AvgIpc) is 3.12. The number of nitrogens with zero attached hydrogens (tertiary/aromatic N) is 4. The normalized spacial score (nSPS) is 12.0. The molecule has 144 valence electrons. The minimum Gasteiger partial charge on any atom is -0.255 e. The summed E-state index contributed by atoms with van der Waals surface area (Å²) in [6, 6.07) is 20.2. The number of hydrogen-bond donors (Lipinski definition) is 0. The Morgan fingerprint density at radius 2 is 1.86 bits per heavy atom. The van der Waals surface area contributed by atoms with Gasteiger partial charge in [0.15, 0.2) is 0 Å². The van der Waals surface area contributed by atoms with Crippen molar-refractivity contribution in [2.24, 2.45) is 10.1 Å². The number of halogens is 1. The quantitative estimate of drug-likeness (QED) is 0.337. The first-order chi connectivity index (χ1) is 14.1. The van der Waals surface area contributed by atoms with Gasteiger partial charge in [0.2, 0.25) is 4.80 Å². The lowest BCUT2D eigenvalue weighted by molar-refractivity contribution is 0.852. The highest BCUT2D eigenvalue weighted by atomic mass is 79.9. The molecule has 0 fully saturated rings. The van der Waals surface area contributed by atoms with Crippen molar-refractivity contribution in [3.05, 3.63) is 98.3 Å². The number of hydrogen-bond acceptors (Lipinski definition) is 4. The van der Waals surface area contributed by atoms with Crippen molar-refractivity contribution in [3.63, 3.8) is 0 Å². The van der Waals surface area contributed by atoms with Crippen molar-refractivity contribution in [2.75, 3.05) is 0 Å². The van der Waals surface area contributed by atoms with Gasteiger partial charge in [0.05, 0.1) is 23.3 Å². The Hall–Kier alpha value is -2.83. The van der Waals surface area contributed by atoms with Crippen LogP contribution in [0.25, 0.3) is 11.3 Å². The van der Waals surface area contributed by atoms with Crippen LogP contribution < -0.4 is 4.80 Å². The standard InChI is InChI=1S/C23H19BrN4S/c1-16-10-11-17(2)21(13-16)27-23-28(26-14-18-7-5-6-12-25-18)22(15-29-23)19-8-3-4-9-20(19)24/h3-15H,1-2H3. The Balaban J connectivity index is 1.90. The Morgan fingerprint density at radius 1 is 1.03 bits per heavy atom. The summed E-state index contributed by atoms with van der Waals surface area (Å²) in [6.07, 6.45) is 3.52. The lowest BCUT2D eigenvalue weighted by atomic mass is 10.1. The van der Waals surface area contributed by atoms with E-state index >= 15 is 0 Å². The third-order valence-corrected chi connectivity index (χ3v) is 5.92. The number of thiazole rings is 1. The van der Waals surface area contributed by atoms with Gasteiger partial charge in [-0.25, -0.2) is 9.67 Å². The monoisotopic (exact) mass is 462 g/mol. The first kappa shape index (κ1) is 19.5. The van der Waals surface area contributed by atoms with Gasteiger partial charge in [-0.05, 0) is 49.2 Å². The SMILES string of the molecule is Cc1ccc(C)c(N=c2scc(-c3ccccc3Br)n2N=Cc2ccccn2)c1. The summed E-state index contributed by atoms with van der Waals surface area (Å²) in [4.78, 5) is 10.1. The molecular formula is C23H19BrN4S. The summed E-state index contributed by atoms with van der Waals surface area (Å²) < 4.78 is 2.89. The fourth-order valence-corrected chi connectivity index (χ4v) is 4.18. The highest BCUT2D eigenvalue weighted by molar-refractivity contribution is 9.10. The maximum Gasteiger partial charge on any atom is 0.211 e. The van der Waals surface area contributed by atoms with E-state index in [1.54, 1.807) is 23.7 Å². The van der Waals surface area contributed by atoms with Crippen molar-refractivity contribution in [1.82, 2.24) is 9.66 Å². The van der Waals surface area contributed by atoms with Crippen molar-refractivity contribution in [1.29, 1.82) is 0 Å². The van der Waals surface area contributed by atoms with Gasteiger partial charge in [-0.2, -0.15) is 5.10 Å². The molecule has 0 radical (unpaired) electrons.